The Balaban J connectivity index is 1.46. The van der Waals surface area contributed by atoms with Crippen LogP contribution in [-0.4, -0.2) is 32.4 Å². The molecule has 0 unspecified atom stereocenters. The van der Waals surface area contributed by atoms with Crippen LogP contribution in [0.2, 0.25) is 10.0 Å². The fourth-order valence-electron chi connectivity index (χ4n) is 3.79. The number of amides is 1. The lowest BCUT2D eigenvalue weighted by molar-refractivity contribution is 0.0991. The van der Waals surface area contributed by atoms with Crippen LogP contribution >= 0.6 is 23.2 Å². The lowest BCUT2D eigenvalue weighted by Crippen LogP contribution is -2.37. The second-order valence-corrected chi connectivity index (χ2v) is 10.9. The van der Waals surface area contributed by atoms with E-state index in [4.69, 9.17) is 23.2 Å². The molecular weight excluding hydrogens is 495 g/mol. The number of carbonyl (C=O) groups is 2. The van der Waals surface area contributed by atoms with Crippen molar-refractivity contribution < 1.29 is 18.0 Å². The van der Waals surface area contributed by atoms with E-state index in [1.807, 2.05) is 0 Å². The van der Waals surface area contributed by atoms with Crippen molar-refractivity contribution >= 4 is 56.3 Å². The van der Waals surface area contributed by atoms with E-state index < -0.39 is 10.0 Å². The van der Waals surface area contributed by atoms with Gasteiger partial charge in [0.25, 0.3) is 5.91 Å². The molecule has 1 aliphatic heterocycles. The van der Waals surface area contributed by atoms with Gasteiger partial charge in [0, 0.05) is 39.8 Å². The summed E-state index contributed by atoms with van der Waals surface area (Å²) in [6.45, 7) is 0.440. The summed E-state index contributed by atoms with van der Waals surface area (Å²) >= 11 is 12.3. The highest BCUT2D eigenvalue weighted by atomic mass is 35.5. The van der Waals surface area contributed by atoms with Crippen LogP contribution in [-0.2, 0) is 16.4 Å². The van der Waals surface area contributed by atoms with Crippen molar-refractivity contribution in [1.29, 1.82) is 0 Å². The summed E-state index contributed by atoms with van der Waals surface area (Å²) in [6, 6.07) is 18.1. The van der Waals surface area contributed by atoms with Crippen molar-refractivity contribution in [2.75, 3.05) is 21.9 Å². The number of anilines is 2. The largest absolute Gasteiger partial charge is 0.322 e. The number of ketones is 1. The standard InChI is InChI=1S/C25H22Cl2N2O4S/c26-20-5-3-4-18(14-20)24(30)16-19-15-21(8-11-23(19)27)28-25(31)17-6-9-22(10-7-17)29-12-1-2-13-34(29,32)33/h3-11,14-15H,1-2,12-13,16H2,(H,28,31). The second-order valence-electron chi connectivity index (χ2n) is 8.01. The minimum Gasteiger partial charge on any atom is -0.322 e. The van der Waals surface area contributed by atoms with Crippen LogP contribution < -0.4 is 9.62 Å². The summed E-state index contributed by atoms with van der Waals surface area (Å²) in [5.41, 5.74) is 2.48. The van der Waals surface area contributed by atoms with E-state index in [0.717, 1.165) is 6.42 Å². The Morgan fingerprint density at radius 2 is 1.68 bits per heavy atom. The summed E-state index contributed by atoms with van der Waals surface area (Å²) in [6.07, 6.45) is 1.52. The van der Waals surface area contributed by atoms with Crippen LogP contribution in [0.25, 0.3) is 0 Å². The number of nitrogens with zero attached hydrogens (tertiary/aromatic N) is 1. The van der Waals surface area contributed by atoms with E-state index in [2.05, 4.69) is 5.32 Å². The Hall–Kier alpha value is -2.87. The molecule has 3 aromatic carbocycles. The molecule has 0 aromatic heterocycles. The van der Waals surface area contributed by atoms with Crippen LogP contribution in [0.3, 0.4) is 0 Å². The highest BCUT2D eigenvalue weighted by molar-refractivity contribution is 7.92. The van der Waals surface area contributed by atoms with E-state index in [9.17, 15) is 18.0 Å². The zero-order chi connectivity index (χ0) is 24.3. The Labute approximate surface area is 208 Å². The minimum atomic E-state index is -3.31. The van der Waals surface area contributed by atoms with Gasteiger partial charge < -0.3 is 5.32 Å². The molecular formula is C25H22Cl2N2O4S. The average Bonchev–Trinajstić information content (AvgIpc) is 2.81. The van der Waals surface area contributed by atoms with Gasteiger partial charge in [0.15, 0.2) is 5.78 Å². The third-order valence-corrected chi connectivity index (χ3v) is 8.04. The highest BCUT2D eigenvalue weighted by Crippen LogP contribution is 2.26. The van der Waals surface area contributed by atoms with Gasteiger partial charge in [0.1, 0.15) is 0 Å². The van der Waals surface area contributed by atoms with Gasteiger partial charge in [-0.15, -0.1) is 0 Å². The monoisotopic (exact) mass is 516 g/mol. The number of Topliss-reactive ketones (excluding diaryl/α,β-unsaturated/α-hetero) is 1. The van der Waals surface area contributed by atoms with Gasteiger partial charge in [0.05, 0.1) is 11.4 Å². The molecule has 0 atom stereocenters. The van der Waals surface area contributed by atoms with E-state index in [0.29, 0.717) is 51.1 Å². The molecule has 0 radical (unpaired) electrons. The molecule has 1 N–H and O–H groups in total. The van der Waals surface area contributed by atoms with E-state index in [-0.39, 0.29) is 23.9 Å². The smallest absolute Gasteiger partial charge is 0.255 e. The second kappa shape index (κ2) is 10.2. The fourth-order valence-corrected chi connectivity index (χ4v) is 5.80. The number of benzene rings is 3. The number of carbonyl (C=O) groups excluding carboxylic acids is 2. The molecule has 1 aliphatic rings. The number of hydrogen-bond acceptors (Lipinski definition) is 4. The third-order valence-electron chi connectivity index (χ3n) is 5.57. The molecule has 9 heteroatoms. The molecule has 34 heavy (non-hydrogen) atoms. The molecule has 0 aliphatic carbocycles. The molecule has 6 nitrogen and oxygen atoms in total. The van der Waals surface area contributed by atoms with Crippen molar-refractivity contribution in [1.82, 2.24) is 0 Å². The SMILES string of the molecule is O=C(Cc1cc(NC(=O)c2ccc(N3CCCCS3(=O)=O)cc2)ccc1Cl)c1cccc(Cl)c1. The summed E-state index contributed by atoms with van der Waals surface area (Å²) in [5.74, 6) is -0.368. The zero-order valence-corrected chi connectivity index (χ0v) is 20.5. The maximum atomic E-state index is 12.7. The van der Waals surface area contributed by atoms with Gasteiger partial charge in [-0.25, -0.2) is 8.42 Å². The minimum absolute atomic E-state index is 0.0574. The van der Waals surface area contributed by atoms with Crippen LogP contribution in [0.1, 0.15) is 39.1 Å². The molecule has 4 rings (SSSR count). The van der Waals surface area contributed by atoms with Gasteiger partial charge >= 0.3 is 0 Å². The number of sulfonamides is 1. The number of hydrogen-bond donors (Lipinski definition) is 1. The number of rotatable bonds is 6. The van der Waals surface area contributed by atoms with E-state index >= 15 is 0 Å². The normalized spacial score (nSPS) is 15.1. The van der Waals surface area contributed by atoms with Gasteiger partial charge in [-0.2, -0.15) is 0 Å². The summed E-state index contributed by atoms with van der Waals surface area (Å²) < 4.78 is 26.0. The van der Waals surface area contributed by atoms with Crippen molar-refractivity contribution in [2.24, 2.45) is 0 Å². The van der Waals surface area contributed by atoms with Gasteiger partial charge in [-0.3, -0.25) is 13.9 Å². The Bertz CT molecular complexity index is 1340. The van der Waals surface area contributed by atoms with Crippen molar-refractivity contribution in [2.45, 2.75) is 19.3 Å². The molecule has 1 saturated heterocycles. The average molecular weight is 517 g/mol. The first-order valence-corrected chi connectivity index (χ1v) is 13.1. The van der Waals surface area contributed by atoms with Crippen LogP contribution in [0.15, 0.2) is 66.7 Å². The van der Waals surface area contributed by atoms with E-state index in [1.54, 1.807) is 66.7 Å². The zero-order valence-electron chi connectivity index (χ0n) is 18.1. The lowest BCUT2D eigenvalue weighted by Gasteiger charge is -2.28. The van der Waals surface area contributed by atoms with Crippen molar-refractivity contribution in [3.05, 3.63) is 93.5 Å². The van der Waals surface area contributed by atoms with Gasteiger partial charge in [-0.1, -0.05) is 35.3 Å². The van der Waals surface area contributed by atoms with Crippen LogP contribution in [0, 0.1) is 0 Å². The maximum Gasteiger partial charge on any atom is 0.255 e. The maximum absolute atomic E-state index is 12.7. The summed E-state index contributed by atoms with van der Waals surface area (Å²) in [5, 5.41) is 3.69. The third kappa shape index (κ3) is 5.60. The molecule has 1 heterocycles. The lowest BCUT2D eigenvalue weighted by atomic mass is 10.0. The van der Waals surface area contributed by atoms with Crippen molar-refractivity contribution in [3.8, 4) is 0 Å². The van der Waals surface area contributed by atoms with Crippen LogP contribution in [0.4, 0.5) is 11.4 Å². The first kappa shape index (κ1) is 24.3. The topological polar surface area (TPSA) is 83.6 Å². The molecule has 0 saturated carbocycles. The van der Waals surface area contributed by atoms with Crippen LogP contribution in [0.5, 0.6) is 0 Å². The number of halogens is 2. The fraction of sp³-hybridized carbons (Fsp3) is 0.200. The highest BCUT2D eigenvalue weighted by Gasteiger charge is 2.26. The van der Waals surface area contributed by atoms with E-state index in [1.165, 1.54) is 4.31 Å². The molecule has 0 spiro atoms. The predicted molar refractivity (Wildman–Crippen MR) is 136 cm³/mol. The molecule has 3 aromatic rings. The Morgan fingerprint density at radius 3 is 2.38 bits per heavy atom. The summed E-state index contributed by atoms with van der Waals surface area (Å²) in [4.78, 5) is 25.4. The summed E-state index contributed by atoms with van der Waals surface area (Å²) in [7, 11) is -3.31. The molecule has 1 fully saturated rings. The quantitative estimate of drug-likeness (QED) is 0.432. The molecule has 176 valence electrons. The predicted octanol–water partition coefficient (Wildman–Crippen LogP) is 5.60. The van der Waals surface area contributed by atoms with Gasteiger partial charge in [-0.05, 0) is 73.0 Å². The first-order valence-electron chi connectivity index (χ1n) is 10.7. The number of nitrogens with one attached hydrogen (secondary N) is 1. The molecule has 0 bridgehead atoms. The Kier molecular flexibility index (Phi) is 7.26. The Morgan fingerprint density at radius 1 is 0.912 bits per heavy atom. The van der Waals surface area contributed by atoms with Gasteiger partial charge in [0.2, 0.25) is 10.0 Å². The first-order chi connectivity index (χ1) is 16.2. The van der Waals surface area contributed by atoms with Crippen molar-refractivity contribution in [3.63, 3.8) is 0 Å². The molecule has 1 amide bonds.